The van der Waals surface area contributed by atoms with Gasteiger partial charge in [-0.2, -0.15) is 0 Å². The Morgan fingerprint density at radius 1 is 1.20 bits per heavy atom. The molecule has 2 aromatic carbocycles. The fourth-order valence-electron chi connectivity index (χ4n) is 5.64. The summed E-state index contributed by atoms with van der Waals surface area (Å²) in [5.41, 5.74) is 4.24. The molecule has 35 heavy (non-hydrogen) atoms. The van der Waals surface area contributed by atoms with Gasteiger partial charge in [0.05, 0.1) is 0 Å². The lowest BCUT2D eigenvalue weighted by Crippen LogP contribution is -2.51. The zero-order valence-electron chi connectivity index (χ0n) is 19.3. The summed E-state index contributed by atoms with van der Waals surface area (Å²) >= 11 is 0. The maximum atomic E-state index is 12.9. The van der Waals surface area contributed by atoms with Gasteiger partial charge in [0.2, 0.25) is 6.79 Å². The molecule has 6 rings (SSSR count). The van der Waals surface area contributed by atoms with Crippen LogP contribution in [0.3, 0.4) is 0 Å². The number of ether oxygens (including phenoxy) is 4. The molecule has 4 atom stereocenters. The second-order valence-corrected chi connectivity index (χ2v) is 9.23. The number of hydrogen-bond acceptors (Lipinski definition) is 7. The van der Waals surface area contributed by atoms with Gasteiger partial charge in [-0.15, -0.1) is 0 Å². The van der Waals surface area contributed by atoms with Gasteiger partial charge in [-0.05, 0) is 53.5 Å². The Kier molecular flexibility index (Phi) is 5.59. The summed E-state index contributed by atoms with van der Waals surface area (Å²) in [7, 11) is 0. The van der Waals surface area contributed by atoms with Crippen LogP contribution in [0.1, 0.15) is 29.0 Å². The summed E-state index contributed by atoms with van der Waals surface area (Å²) in [5, 5.41) is 11.0. The highest BCUT2D eigenvalue weighted by atomic mass is 16.7. The average Bonchev–Trinajstić information content (AvgIpc) is 3.49. The van der Waals surface area contributed by atoms with Crippen LogP contribution in [0.4, 0.5) is 0 Å². The van der Waals surface area contributed by atoms with Crippen LogP contribution in [0.2, 0.25) is 0 Å². The number of fused-ring (bicyclic) bond motifs is 3. The molecule has 3 heterocycles. The van der Waals surface area contributed by atoms with Crippen molar-refractivity contribution in [2.75, 3.05) is 19.9 Å². The Hall–Kier alpha value is -3.55. The molecule has 7 heteroatoms. The van der Waals surface area contributed by atoms with Gasteiger partial charge in [-0.3, -0.25) is 4.90 Å². The highest BCUT2D eigenvalue weighted by molar-refractivity contribution is 5.87. The Morgan fingerprint density at radius 2 is 2.00 bits per heavy atom. The molecule has 1 aliphatic carbocycles. The molecule has 180 valence electrons. The van der Waals surface area contributed by atoms with Gasteiger partial charge in [0, 0.05) is 31.1 Å². The van der Waals surface area contributed by atoms with E-state index >= 15 is 0 Å². The highest BCUT2D eigenvalue weighted by Crippen LogP contribution is 2.50. The lowest BCUT2D eigenvalue weighted by atomic mass is 9.73. The maximum absolute atomic E-state index is 12.9. The molecule has 0 radical (unpaired) electrons. The largest absolute Gasteiger partial charge is 0.490 e. The molecule has 2 unspecified atom stereocenters. The maximum Gasteiger partial charge on any atom is 0.331 e. The first-order valence-electron chi connectivity index (χ1n) is 11.9. The minimum atomic E-state index is -0.874. The molecule has 7 nitrogen and oxygen atoms in total. The van der Waals surface area contributed by atoms with E-state index in [1.54, 1.807) is 12.2 Å². The molecule has 0 amide bonds. The number of esters is 1. The van der Waals surface area contributed by atoms with Gasteiger partial charge in [0.1, 0.15) is 24.6 Å². The highest BCUT2D eigenvalue weighted by Gasteiger charge is 2.50. The van der Waals surface area contributed by atoms with E-state index in [1.807, 2.05) is 42.5 Å². The minimum absolute atomic E-state index is 0.108. The van der Waals surface area contributed by atoms with Crippen molar-refractivity contribution in [3.05, 3.63) is 83.5 Å². The van der Waals surface area contributed by atoms with E-state index in [1.165, 1.54) is 11.6 Å². The molecule has 4 aliphatic rings. The van der Waals surface area contributed by atoms with Gasteiger partial charge < -0.3 is 24.1 Å². The summed E-state index contributed by atoms with van der Waals surface area (Å²) in [5.74, 6) is 1.51. The Bertz CT molecular complexity index is 1220. The zero-order chi connectivity index (χ0) is 23.9. The number of carbonyl (C=O) groups is 1. The third-order valence-electron chi connectivity index (χ3n) is 7.16. The van der Waals surface area contributed by atoms with Crippen LogP contribution in [-0.4, -0.2) is 54.2 Å². The van der Waals surface area contributed by atoms with Crippen LogP contribution in [0.15, 0.2) is 66.8 Å². The van der Waals surface area contributed by atoms with E-state index in [-0.39, 0.29) is 18.8 Å². The second-order valence-electron chi connectivity index (χ2n) is 9.23. The third-order valence-corrected chi connectivity index (χ3v) is 7.16. The van der Waals surface area contributed by atoms with Crippen molar-refractivity contribution in [1.29, 1.82) is 0 Å². The van der Waals surface area contributed by atoms with Crippen molar-refractivity contribution in [2.45, 2.75) is 37.1 Å². The van der Waals surface area contributed by atoms with Crippen LogP contribution < -0.4 is 14.2 Å². The first-order chi connectivity index (χ1) is 17.1. The lowest BCUT2D eigenvalue weighted by Gasteiger charge is -2.45. The van der Waals surface area contributed by atoms with Gasteiger partial charge in [0.25, 0.3) is 0 Å². The quantitative estimate of drug-likeness (QED) is 0.390. The minimum Gasteiger partial charge on any atom is -0.490 e. The van der Waals surface area contributed by atoms with E-state index in [4.69, 9.17) is 18.9 Å². The third kappa shape index (κ3) is 4.00. The van der Waals surface area contributed by atoms with Crippen molar-refractivity contribution in [2.24, 2.45) is 0 Å². The van der Waals surface area contributed by atoms with Crippen LogP contribution >= 0.6 is 0 Å². The summed E-state index contributed by atoms with van der Waals surface area (Å²) in [6.45, 7) is 5.99. The normalized spacial score (nSPS) is 26.1. The van der Waals surface area contributed by atoms with E-state index in [0.29, 0.717) is 12.4 Å². The van der Waals surface area contributed by atoms with E-state index < -0.39 is 18.2 Å². The molecule has 3 aliphatic heterocycles. The number of benzene rings is 2. The molecule has 0 spiro atoms. The predicted octanol–water partition coefficient (Wildman–Crippen LogP) is 3.58. The number of rotatable bonds is 6. The van der Waals surface area contributed by atoms with E-state index in [9.17, 15) is 9.90 Å². The summed E-state index contributed by atoms with van der Waals surface area (Å²) < 4.78 is 22.6. The molecule has 1 saturated heterocycles. The number of hydrogen-bond donors (Lipinski definition) is 1. The van der Waals surface area contributed by atoms with Crippen molar-refractivity contribution in [1.82, 2.24) is 4.90 Å². The van der Waals surface area contributed by atoms with Gasteiger partial charge in [-0.1, -0.05) is 36.4 Å². The number of aliphatic hydroxyl groups is 1. The molecule has 1 N–H and O–H groups in total. The summed E-state index contributed by atoms with van der Waals surface area (Å²) in [4.78, 5) is 15.3. The second kappa shape index (κ2) is 8.91. The molecule has 2 aromatic rings. The van der Waals surface area contributed by atoms with Crippen molar-refractivity contribution in [3.8, 4) is 17.2 Å². The summed E-state index contributed by atoms with van der Waals surface area (Å²) in [6.07, 6.45) is 6.00. The number of carbonyl (C=O) groups excluding carboxylic acids is 1. The smallest absolute Gasteiger partial charge is 0.331 e. The Labute approximate surface area is 203 Å². The topological polar surface area (TPSA) is 77.5 Å². The Balaban J connectivity index is 1.24. The van der Waals surface area contributed by atoms with Crippen LogP contribution in [0.5, 0.6) is 17.2 Å². The average molecular weight is 474 g/mol. The van der Waals surface area contributed by atoms with Crippen LogP contribution in [0, 0.1) is 0 Å². The molecule has 0 aromatic heterocycles. The van der Waals surface area contributed by atoms with Crippen molar-refractivity contribution < 1.29 is 28.8 Å². The standard InChI is InChI=1S/C28H27NO6/c1-2-11-32-20-6-3-17(4-7-20)5-8-25(31)35-28-22(30)12-18-9-10-29-15-19-13-23-24(34-16-33-23)14-21(19)26(28)27(18)29/h2-8,12-14,22,26-28,30H,1,9-11,15-16H2/b8-5+/t22-,26?,27?,28+/m0/s1. The predicted molar refractivity (Wildman–Crippen MR) is 129 cm³/mol. The molecular weight excluding hydrogens is 446 g/mol. The molecule has 0 bridgehead atoms. The van der Waals surface area contributed by atoms with E-state index in [2.05, 4.69) is 11.5 Å². The summed E-state index contributed by atoms with van der Waals surface area (Å²) in [6, 6.07) is 11.5. The SMILES string of the molecule is C=CCOc1ccc(/C=C/C(=O)O[C@H]2C3c4cc5c(cc4CN4CCC(=C[C@@H]2O)C34)OCO5)cc1. The van der Waals surface area contributed by atoms with Gasteiger partial charge in [-0.25, -0.2) is 4.79 Å². The van der Waals surface area contributed by atoms with Crippen molar-refractivity contribution >= 4 is 12.0 Å². The molecule has 1 fully saturated rings. The van der Waals surface area contributed by atoms with Gasteiger partial charge >= 0.3 is 5.97 Å². The fraction of sp³-hybridized carbons (Fsp3) is 0.321. The zero-order valence-corrected chi connectivity index (χ0v) is 19.3. The van der Waals surface area contributed by atoms with Crippen molar-refractivity contribution in [3.63, 3.8) is 0 Å². The van der Waals surface area contributed by atoms with Crippen LogP contribution in [0.25, 0.3) is 6.08 Å². The first-order valence-corrected chi connectivity index (χ1v) is 11.9. The number of aliphatic hydroxyl groups excluding tert-OH is 1. The molecule has 0 saturated carbocycles. The van der Waals surface area contributed by atoms with E-state index in [0.717, 1.165) is 47.7 Å². The van der Waals surface area contributed by atoms with Crippen LogP contribution in [-0.2, 0) is 16.1 Å². The monoisotopic (exact) mass is 473 g/mol. The fourth-order valence-corrected chi connectivity index (χ4v) is 5.64. The Morgan fingerprint density at radius 3 is 2.80 bits per heavy atom. The first kappa shape index (κ1) is 21.9. The van der Waals surface area contributed by atoms with Gasteiger partial charge in [0.15, 0.2) is 11.5 Å². The molecular formula is C28H27NO6. The lowest BCUT2D eigenvalue weighted by molar-refractivity contribution is -0.150. The number of nitrogens with zero attached hydrogens (tertiary/aromatic N) is 1.